The number of piperidine rings is 2. The SMILES string of the molecule is COc1ccc([Si](C)(C)[C@@H]2[C@@H](CCn3cc([C@H](O)c4ccccc4)nn3)O[C@]3(C(=O)N(Cc4ccc(N5CCCCC5=O)cc4)c4ccc(N5CCCCC5=O)cc43)[C@H]2C)cc1. The Bertz CT molecular complexity index is 2440. The van der Waals surface area contributed by atoms with Crippen LogP contribution >= 0.6 is 0 Å². The van der Waals surface area contributed by atoms with Gasteiger partial charge in [0.25, 0.3) is 5.91 Å². The molecule has 4 aliphatic rings. The van der Waals surface area contributed by atoms with Crippen molar-refractivity contribution in [2.24, 2.45) is 5.92 Å². The fourth-order valence-corrected chi connectivity index (χ4v) is 14.7. The van der Waals surface area contributed by atoms with Crippen molar-refractivity contribution in [2.45, 2.75) is 101 Å². The molecule has 1 spiro atoms. The van der Waals surface area contributed by atoms with Crippen molar-refractivity contribution in [3.8, 4) is 5.75 Å². The van der Waals surface area contributed by atoms with Crippen LogP contribution in [0, 0.1) is 5.92 Å². The zero-order valence-electron chi connectivity index (χ0n) is 36.1. The van der Waals surface area contributed by atoms with Crippen LogP contribution in [0.4, 0.5) is 17.1 Å². The second-order valence-corrected chi connectivity index (χ2v) is 22.6. The monoisotopic (exact) mass is 852 g/mol. The van der Waals surface area contributed by atoms with Crippen LogP contribution in [0.15, 0.2) is 103 Å². The van der Waals surface area contributed by atoms with Gasteiger partial charge in [-0.3, -0.25) is 19.1 Å². The van der Waals surface area contributed by atoms with Gasteiger partial charge >= 0.3 is 0 Å². The molecule has 0 unspecified atom stereocenters. The van der Waals surface area contributed by atoms with E-state index in [4.69, 9.17) is 9.47 Å². The number of carbonyl (C=O) groups excluding carboxylic acids is 3. The minimum Gasteiger partial charge on any atom is -0.497 e. The highest BCUT2D eigenvalue weighted by molar-refractivity contribution is 6.91. The molecule has 13 heteroatoms. The van der Waals surface area contributed by atoms with E-state index in [9.17, 15) is 14.7 Å². The van der Waals surface area contributed by atoms with Crippen LogP contribution in [0.25, 0.3) is 0 Å². The molecule has 1 aromatic heterocycles. The van der Waals surface area contributed by atoms with Crippen molar-refractivity contribution < 1.29 is 29.0 Å². The topological polar surface area (TPSA) is 130 Å². The van der Waals surface area contributed by atoms with Crippen molar-refractivity contribution >= 4 is 48.0 Å². The third kappa shape index (κ3) is 7.43. The number of carbonyl (C=O) groups is 3. The lowest BCUT2D eigenvalue weighted by Gasteiger charge is -2.37. The van der Waals surface area contributed by atoms with Crippen LogP contribution in [0.5, 0.6) is 5.75 Å². The summed E-state index contributed by atoms with van der Waals surface area (Å²) in [7, 11) is -0.793. The van der Waals surface area contributed by atoms with Crippen LogP contribution in [0.1, 0.15) is 80.4 Å². The van der Waals surface area contributed by atoms with Crippen molar-refractivity contribution in [2.75, 3.05) is 34.9 Å². The van der Waals surface area contributed by atoms with Gasteiger partial charge in [0.2, 0.25) is 11.8 Å². The van der Waals surface area contributed by atoms with E-state index < -0.39 is 19.8 Å². The summed E-state index contributed by atoms with van der Waals surface area (Å²) in [5.74, 6) is 0.654. The molecular formula is C49H56N6O6Si. The van der Waals surface area contributed by atoms with E-state index in [1.807, 2.05) is 99.6 Å². The van der Waals surface area contributed by atoms with Gasteiger partial charge in [-0.25, -0.2) is 0 Å². The van der Waals surface area contributed by atoms with E-state index >= 15 is 4.79 Å². The maximum atomic E-state index is 15.6. The van der Waals surface area contributed by atoms with Gasteiger partial charge < -0.3 is 29.3 Å². The number of fused-ring (bicyclic) bond motifs is 2. The Balaban J connectivity index is 1.09. The molecular weight excluding hydrogens is 797 g/mol. The fourth-order valence-electron chi connectivity index (χ4n) is 10.6. The number of nitrogens with zero attached hydrogens (tertiary/aromatic N) is 6. The molecule has 0 aliphatic carbocycles. The number of aliphatic hydroxyl groups is 1. The normalized spacial score (nSPS) is 23.3. The average molecular weight is 853 g/mol. The van der Waals surface area contributed by atoms with Crippen molar-refractivity contribution in [1.82, 2.24) is 15.0 Å². The Hall–Kier alpha value is -5.63. The molecule has 62 heavy (non-hydrogen) atoms. The summed E-state index contributed by atoms with van der Waals surface area (Å²) in [5.41, 5.74) is 4.03. The lowest BCUT2D eigenvalue weighted by atomic mass is 9.82. The quantitative estimate of drug-likeness (QED) is 0.130. The number of amides is 3. The number of anilines is 3. The van der Waals surface area contributed by atoms with Gasteiger partial charge in [-0.05, 0) is 91.2 Å². The molecule has 3 fully saturated rings. The Morgan fingerprint density at radius 3 is 2.18 bits per heavy atom. The van der Waals surface area contributed by atoms with Crippen LogP contribution in [-0.2, 0) is 37.8 Å². The van der Waals surface area contributed by atoms with E-state index in [1.54, 1.807) is 18.0 Å². The standard InChI is InChI=1S/C49H56N6O6Si/c1-33-47(62(3,4)39-23-21-38(60-2)22-24-39)43(26-29-52-32-41(50-51-52)46(58)35-12-6-5-7-13-35)61-49(33)40-30-37(54-28-11-9-15-45(54)57)20-25-42(40)55(48(49)59)31-34-16-18-36(19-17-34)53-27-10-8-14-44(53)56/h5-7,12-13,16-25,30,32-33,43,46-47,58H,8-11,14-15,26-29,31H2,1-4H3/t33-,43+,46+,47-,49+/m0/s1. The maximum absolute atomic E-state index is 15.6. The molecule has 3 amide bonds. The Morgan fingerprint density at radius 1 is 0.855 bits per heavy atom. The highest BCUT2D eigenvalue weighted by Crippen LogP contribution is 2.60. The van der Waals surface area contributed by atoms with E-state index in [1.165, 1.54) is 5.19 Å². The van der Waals surface area contributed by atoms with E-state index in [2.05, 4.69) is 42.5 Å². The molecule has 0 radical (unpaired) electrons. The molecule has 0 saturated carbocycles. The number of benzene rings is 4. The summed E-state index contributed by atoms with van der Waals surface area (Å²) < 4.78 is 14.8. The third-order valence-corrected chi connectivity index (χ3v) is 18.3. The molecule has 12 nitrogen and oxygen atoms in total. The zero-order valence-corrected chi connectivity index (χ0v) is 37.1. The number of hydrogen-bond donors (Lipinski definition) is 1. The smallest absolute Gasteiger partial charge is 0.264 e. The predicted octanol–water partition coefficient (Wildman–Crippen LogP) is 7.26. The number of hydrogen-bond acceptors (Lipinski definition) is 8. The summed E-state index contributed by atoms with van der Waals surface area (Å²) >= 11 is 0. The Morgan fingerprint density at radius 2 is 1.52 bits per heavy atom. The number of rotatable bonds is 12. The van der Waals surface area contributed by atoms with Gasteiger partial charge in [-0.1, -0.05) is 85.0 Å². The van der Waals surface area contributed by atoms with Gasteiger partial charge in [0, 0.05) is 55.3 Å². The molecule has 5 heterocycles. The van der Waals surface area contributed by atoms with Crippen molar-refractivity contribution in [1.29, 1.82) is 0 Å². The van der Waals surface area contributed by atoms with Gasteiger partial charge in [-0.15, -0.1) is 5.10 Å². The van der Waals surface area contributed by atoms with Gasteiger partial charge in [0.15, 0.2) is 5.60 Å². The van der Waals surface area contributed by atoms with Crippen molar-refractivity contribution in [3.05, 3.63) is 126 Å². The second-order valence-electron chi connectivity index (χ2n) is 17.9. The summed E-state index contributed by atoms with van der Waals surface area (Å²) in [6.45, 7) is 9.04. The highest BCUT2D eigenvalue weighted by atomic mass is 28.3. The second kappa shape index (κ2) is 16.9. The zero-order chi connectivity index (χ0) is 43.2. The first-order chi connectivity index (χ1) is 30.0. The number of methoxy groups -OCH3 is 1. The highest BCUT2D eigenvalue weighted by Gasteiger charge is 2.66. The first-order valence-corrected chi connectivity index (χ1v) is 25.2. The van der Waals surface area contributed by atoms with E-state index in [0.717, 1.165) is 65.2 Å². The van der Waals surface area contributed by atoms with Crippen LogP contribution in [-0.4, -0.2) is 72.2 Å². The Labute approximate surface area is 364 Å². The lowest BCUT2D eigenvalue weighted by molar-refractivity contribution is -0.146. The van der Waals surface area contributed by atoms with E-state index in [0.29, 0.717) is 51.1 Å². The molecule has 5 aromatic rings. The maximum Gasteiger partial charge on any atom is 0.264 e. The Kier molecular flexibility index (Phi) is 11.4. The first kappa shape index (κ1) is 41.7. The molecule has 1 N–H and O–H groups in total. The summed E-state index contributed by atoms with van der Waals surface area (Å²) in [6.07, 6.45) is 5.83. The number of aromatic nitrogens is 3. The number of aliphatic hydroxyl groups excluding tert-OH is 1. The lowest BCUT2D eigenvalue weighted by Crippen LogP contribution is -2.51. The molecule has 0 bridgehead atoms. The summed E-state index contributed by atoms with van der Waals surface area (Å²) in [6, 6.07) is 31.8. The van der Waals surface area contributed by atoms with Crippen LogP contribution < -0.4 is 24.6 Å². The van der Waals surface area contributed by atoms with Crippen LogP contribution in [0.3, 0.4) is 0 Å². The molecule has 4 aromatic carbocycles. The predicted molar refractivity (Wildman–Crippen MR) is 241 cm³/mol. The number of aryl methyl sites for hydroxylation is 1. The summed E-state index contributed by atoms with van der Waals surface area (Å²) in [4.78, 5) is 47.3. The molecule has 5 atom stereocenters. The molecule has 4 aliphatic heterocycles. The molecule has 322 valence electrons. The van der Waals surface area contributed by atoms with Gasteiger partial charge in [0.1, 0.15) is 17.5 Å². The minimum atomic E-state index is -2.46. The third-order valence-electron chi connectivity index (χ3n) is 14.0. The summed E-state index contributed by atoms with van der Waals surface area (Å²) in [5, 5.41) is 21.1. The minimum absolute atomic E-state index is 0.0211. The number of ether oxygens (including phenoxy) is 2. The van der Waals surface area contributed by atoms with Crippen molar-refractivity contribution in [3.63, 3.8) is 0 Å². The average Bonchev–Trinajstić information content (AvgIpc) is 3.96. The molecule has 3 saturated heterocycles. The largest absolute Gasteiger partial charge is 0.497 e. The van der Waals surface area contributed by atoms with Crippen LogP contribution in [0.2, 0.25) is 18.6 Å². The molecule has 9 rings (SSSR count). The van der Waals surface area contributed by atoms with E-state index in [-0.39, 0.29) is 35.3 Å². The van der Waals surface area contributed by atoms with Gasteiger partial charge in [0.05, 0.1) is 39.7 Å². The first-order valence-electron chi connectivity index (χ1n) is 22.1. The van der Waals surface area contributed by atoms with Gasteiger partial charge in [-0.2, -0.15) is 0 Å². The fraction of sp³-hybridized carbons (Fsp3) is 0.408.